The lowest BCUT2D eigenvalue weighted by atomic mass is 10.1. The van der Waals surface area contributed by atoms with E-state index in [9.17, 15) is 0 Å². The average Bonchev–Trinajstić information content (AvgIpc) is 2.73. The van der Waals surface area contributed by atoms with E-state index in [2.05, 4.69) is 21.9 Å². The van der Waals surface area contributed by atoms with Crippen molar-refractivity contribution < 1.29 is 5.21 Å². The molecule has 0 bridgehead atoms. The summed E-state index contributed by atoms with van der Waals surface area (Å²) < 4.78 is 0. The van der Waals surface area contributed by atoms with Gasteiger partial charge in [0.15, 0.2) is 0 Å². The van der Waals surface area contributed by atoms with Crippen molar-refractivity contribution in [2.75, 3.05) is 26.2 Å². The molecule has 0 amide bonds. The van der Waals surface area contributed by atoms with Crippen molar-refractivity contribution >= 4 is 5.84 Å². The van der Waals surface area contributed by atoms with E-state index in [-0.39, 0.29) is 0 Å². The molecular weight excluding hydrogens is 228 g/mol. The van der Waals surface area contributed by atoms with E-state index in [0.29, 0.717) is 18.3 Å². The summed E-state index contributed by atoms with van der Waals surface area (Å²) >= 11 is 0. The minimum atomic E-state index is 0.356. The van der Waals surface area contributed by atoms with E-state index < -0.39 is 0 Å². The molecule has 0 aromatic rings. The van der Waals surface area contributed by atoms with Crippen LogP contribution in [0, 0.1) is 0 Å². The van der Waals surface area contributed by atoms with Gasteiger partial charge in [-0.15, -0.1) is 0 Å². The first-order chi connectivity index (χ1) is 8.74. The van der Waals surface area contributed by atoms with Gasteiger partial charge in [0.25, 0.3) is 0 Å². The fraction of sp³-hybridized carbons (Fsp3) is 0.923. The maximum Gasteiger partial charge on any atom is 0.140 e. The van der Waals surface area contributed by atoms with E-state index >= 15 is 0 Å². The van der Waals surface area contributed by atoms with E-state index in [0.717, 1.165) is 25.6 Å². The van der Waals surface area contributed by atoms with Crippen LogP contribution in [0.2, 0.25) is 0 Å². The lowest BCUT2D eigenvalue weighted by molar-refractivity contribution is 0.170. The largest absolute Gasteiger partial charge is 0.409 e. The SMILES string of the molecule is CCC(CC(N)=NO)N1CCCN2CCCC2C1. The minimum Gasteiger partial charge on any atom is -0.409 e. The summed E-state index contributed by atoms with van der Waals surface area (Å²) in [5.41, 5.74) is 5.66. The molecule has 0 aromatic heterocycles. The number of amidine groups is 1. The zero-order valence-corrected chi connectivity index (χ0v) is 11.4. The molecule has 2 fully saturated rings. The van der Waals surface area contributed by atoms with Gasteiger partial charge >= 0.3 is 0 Å². The Balaban J connectivity index is 1.96. The van der Waals surface area contributed by atoms with Gasteiger partial charge in [0.2, 0.25) is 0 Å². The molecule has 2 aliphatic heterocycles. The first-order valence-electron chi connectivity index (χ1n) is 7.19. The lowest BCUT2D eigenvalue weighted by Crippen LogP contribution is -2.43. The van der Waals surface area contributed by atoms with Crippen molar-refractivity contribution in [3.8, 4) is 0 Å². The van der Waals surface area contributed by atoms with Gasteiger partial charge in [-0.3, -0.25) is 9.80 Å². The van der Waals surface area contributed by atoms with Crippen molar-refractivity contribution in [2.24, 2.45) is 10.9 Å². The topological polar surface area (TPSA) is 65.1 Å². The highest BCUT2D eigenvalue weighted by Crippen LogP contribution is 2.23. The van der Waals surface area contributed by atoms with E-state index in [1.54, 1.807) is 0 Å². The Labute approximate surface area is 110 Å². The molecule has 2 rings (SSSR count). The van der Waals surface area contributed by atoms with Crippen LogP contribution in [0.3, 0.4) is 0 Å². The van der Waals surface area contributed by atoms with Gasteiger partial charge in [-0.05, 0) is 45.3 Å². The number of rotatable bonds is 4. The van der Waals surface area contributed by atoms with Gasteiger partial charge in [0.05, 0.1) is 0 Å². The molecule has 104 valence electrons. The summed E-state index contributed by atoms with van der Waals surface area (Å²) in [4.78, 5) is 5.18. The maximum absolute atomic E-state index is 8.72. The van der Waals surface area contributed by atoms with Crippen LogP contribution in [-0.4, -0.2) is 59.1 Å². The molecule has 0 aliphatic carbocycles. The number of nitrogens with two attached hydrogens (primary N) is 1. The molecule has 0 spiro atoms. The molecule has 2 atom stereocenters. The molecular formula is C13H26N4O. The highest BCUT2D eigenvalue weighted by molar-refractivity contribution is 5.80. The smallest absolute Gasteiger partial charge is 0.140 e. The van der Waals surface area contributed by atoms with Crippen molar-refractivity contribution in [1.29, 1.82) is 0 Å². The summed E-state index contributed by atoms with van der Waals surface area (Å²) in [5, 5.41) is 11.8. The molecule has 18 heavy (non-hydrogen) atoms. The van der Waals surface area contributed by atoms with Crippen LogP contribution in [0.25, 0.3) is 0 Å². The number of oxime groups is 1. The van der Waals surface area contributed by atoms with Crippen molar-refractivity contribution in [2.45, 2.75) is 51.1 Å². The minimum absolute atomic E-state index is 0.356. The zero-order chi connectivity index (χ0) is 13.0. The van der Waals surface area contributed by atoms with Gasteiger partial charge in [0, 0.05) is 25.0 Å². The molecule has 2 unspecified atom stereocenters. The highest BCUT2D eigenvalue weighted by atomic mass is 16.4. The van der Waals surface area contributed by atoms with Crippen LogP contribution in [0.5, 0.6) is 0 Å². The summed E-state index contributed by atoms with van der Waals surface area (Å²) in [7, 11) is 0. The Bertz CT molecular complexity index is 295. The number of hydrogen-bond acceptors (Lipinski definition) is 4. The third-order valence-electron chi connectivity index (χ3n) is 4.40. The second-order valence-electron chi connectivity index (χ2n) is 5.54. The lowest BCUT2D eigenvalue weighted by Gasteiger charge is -2.32. The van der Waals surface area contributed by atoms with Crippen LogP contribution in [0.15, 0.2) is 5.16 Å². The van der Waals surface area contributed by atoms with E-state index in [1.165, 1.54) is 32.4 Å². The summed E-state index contributed by atoms with van der Waals surface area (Å²) in [6.45, 7) is 6.99. The predicted octanol–water partition coefficient (Wildman–Crippen LogP) is 1.07. The van der Waals surface area contributed by atoms with Crippen LogP contribution in [0.4, 0.5) is 0 Å². The molecule has 0 aromatic carbocycles. The average molecular weight is 254 g/mol. The third-order valence-corrected chi connectivity index (χ3v) is 4.40. The maximum atomic E-state index is 8.72. The predicted molar refractivity (Wildman–Crippen MR) is 72.9 cm³/mol. The normalized spacial score (nSPS) is 28.9. The van der Waals surface area contributed by atoms with Gasteiger partial charge in [-0.25, -0.2) is 0 Å². The van der Waals surface area contributed by atoms with E-state index in [4.69, 9.17) is 10.9 Å². The number of hydrogen-bond donors (Lipinski definition) is 2. The summed E-state index contributed by atoms with van der Waals surface area (Å²) in [6.07, 6.45) is 5.65. The third kappa shape index (κ3) is 3.14. The molecule has 5 nitrogen and oxygen atoms in total. The first-order valence-corrected chi connectivity index (χ1v) is 7.19. The van der Waals surface area contributed by atoms with Crippen LogP contribution < -0.4 is 5.73 Å². The summed E-state index contributed by atoms with van der Waals surface area (Å²) in [5.74, 6) is 0.356. The monoisotopic (exact) mass is 254 g/mol. The Morgan fingerprint density at radius 3 is 2.89 bits per heavy atom. The van der Waals surface area contributed by atoms with E-state index in [1.807, 2.05) is 0 Å². The van der Waals surface area contributed by atoms with Gasteiger partial charge < -0.3 is 10.9 Å². The van der Waals surface area contributed by atoms with Crippen molar-refractivity contribution in [3.05, 3.63) is 0 Å². The molecule has 2 heterocycles. The molecule has 0 radical (unpaired) electrons. The van der Waals surface area contributed by atoms with Crippen molar-refractivity contribution in [3.63, 3.8) is 0 Å². The molecule has 2 saturated heterocycles. The van der Waals surface area contributed by atoms with Gasteiger partial charge in [-0.2, -0.15) is 0 Å². The van der Waals surface area contributed by atoms with Gasteiger partial charge in [-0.1, -0.05) is 12.1 Å². The Morgan fingerprint density at radius 2 is 2.17 bits per heavy atom. The van der Waals surface area contributed by atoms with Crippen LogP contribution in [0.1, 0.15) is 39.0 Å². The zero-order valence-electron chi connectivity index (χ0n) is 11.4. The van der Waals surface area contributed by atoms with Crippen molar-refractivity contribution in [1.82, 2.24) is 9.80 Å². The number of nitrogens with zero attached hydrogens (tertiary/aromatic N) is 3. The molecule has 3 N–H and O–H groups in total. The number of fused-ring (bicyclic) bond motifs is 1. The van der Waals surface area contributed by atoms with Crippen LogP contribution >= 0.6 is 0 Å². The molecule has 5 heteroatoms. The summed E-state index contributed by atoms with van der Waals surface area (Å²) in [6, 6.07) is 1.15. The molecule has 2 aliphatic rings. The van der Waals surface area contributed by atoms with Gasteiger partial charge in [0.1, 0.15) is 5.84 Å². The first kappa shape index (κ1) is 13.6. The fourth-order valence-electron chi connectivity index (χ4n) is 3.38. The molecule has 0 saturated carbocycles. The second kappa shape index (κ2) is 6.38. The fourth-order valence-corrected chi connectivity index (χ4v) is 3.38. The highest BCUT2D eigenvalue weighted by Gasteiger charge is 2.31. The Morgan fingerprint density at radius 1 is 1.39 bits per heavy atom. The van der Waals surface area contributed by atoms with Crippen LogP contribution in [-0.2, 0) is 0 Å². The standard InChI is InChI=1S/C13H26N4O/c1-2-11(9-13(14)15-18)17-8-4-7-16-6-3-5-12(16)10-17/h11-12,18H,2-10H2,1H3,(H2,14,15). The quantitative estimate of drug-likeness (QED) is 0.341. The Kier molecular flexibility index (Phi) is 4.83. The Hall–Kier alpha value is -0.810. The second-order valence-corrected chi connectivity index (χ2v) is 5.54.